The maximum absolute atomic E-state index is 12.5. The van der Waals surface area contributed by atoms with Crippen LogP contribution in [-0.4, -0.2) is 32.9 Å². The lowest BCUT2D eigenvalue weighted by Gasteiger charge is -2.21. The van der Waals surface area contributed by atoms with Crippen LogP contribution in [0.15, 0.2) is 47.4 Å². The fourth-order valence-corrected chi connectivity index (χ4v) is 4.49. The van der Waals surface area contributed by atoms with E-state index in [0.29, 0.717) is 10.7 Å². The summed E-state index contributed by atoms with van der Waals surface area (Å²) in [6.07, 6.45) is 0. The van der Waals surface area contributed by atoms with Crippen LogP contribution in [0.1, 0.15) is 25.0 Å². The summed E-state index contributed by atoms with van der Waals surface area (Å²) >= 11 is 6.17. The van der Waals surface area contributed by atoms with Gasteiger partial charge in [-0.15, -0.1) is 0 Å². The highest BCUT2D eigenvalue weighted by atomic mass is 35.5. The van der Waals surface area contributed by atoms with Gasteiger partial charge in [-0.3, -0.25) is 9.59 Å². The molecule has 0 aromatic heterocycles. The Morgan fingerprint density at radius 2 is 1.73 bits per heavy atom. The molecule has 0 saturated carbocycles. The number of carbonyl (C=O) groups is 2. The Hall–Kier alpha value is -2.42. The average molecular weight is 453 g/mol. The van der Waals surface area contributed by atoms with E-state index in [4.69, 9.17) is 16.3 Å². The predicted molar refractivity (Wildman–Crippen MR) is 116 cm³/mol. The summed E-state index contributed by atoms with van der Waals surface area (Å²) < 4.78 is 32.5. The number of rotatable bonds is 8. The first-order chi connectivity index (χ1) is 14.0. The number of nitrogens with one attached hydrogen (secondary N) is 2. The van der Waals surface area contributed by atoms with Crippen LogP contribution in [0.4, 0.5) is 5.69 Å². The third-order valence-electron chi connectivity index (χ3n) is 4.30. The van der Waals surface area contributed by atoms with E-state index in [9.17, 15) is 18.0 Å². The Balaban J connectivity index is 2.03. The molecule has 0 saturated heterocycles. The highest BCUT2D eigenvalue weighted by Gasteiger charge is 2.30. The lowest BCUT2D eigenvalue weighted by molar-refractivity contribution is -0.150. The second-order valence-electron chi connectivity index (χ2n) is 7.25. The number of anilines is 1. The van der Waals surface area contributed by atoms with Crippen LogP contribution < -0.4 is 10.0 Å². The van der Waals surface area contributed by atoms with Crippen LogP contribution >= 0.6 is 11.6 Å². The fourth-order valence-electron chi connectivity index (χ4n) is 2.77. The number of aryl methyl sites for hydroxylation is 2. The van der Waals surface area contributed by atoms with E-state index in [1.165, 1.54) is 12.1 Å². The normalized spacial score (nSPS) is 12.5. The van der Waals surface area contributed by atoms with Crippen LogP contribution in [0.25, 0.3) is 0 Å². The van der Waals surface area contributed by atoms with E-state index >= 15 is 0 Å². The van der Waals surface area contributed by atoms with Gasteiger partial charge >= 0.3 is 5.97 Å². The van der Waals surface area contributed by atoms with Crippen molar-refractivity contribution in [3.63, 3.8) is 0 Å². The van der Waals surface area contributed by atoms with Crippen molar-refractivity contribution in [3.8, 4) is 0 Å². The standard InChI is InChI=1S/C21H25ClN2O5S/c1-13(2)19(24-30(27,28)16-8-6-5-7-9-16)21(26)29-12-18(25)23-20-15(4)10-14(3)11-17(20)22/h5-11,13,19,24H,12H2,1-4H3,(H,23,25)/t19-/m1/s1. The summed E-state index contributed by atoms with van der Waals surface area (Å²) in [5.74, 6) is -1.81. The Bertz CT molecular complexity index is 1000. The van der Waals surface area contributed by atoms with Crippen molar-refractivity contribution in [3.05, 3.63) is 58.6 Å². The first kappa shape index (κ1) is 23.9. The molecule has 1 atom stereocenters. The second-order valence-corrected chi connectivity index (χ2v) is 9.37. The van der Waals surface area contributed by atoms with Gasteiger partial charge in [-0.2, -0.15) is 4.72 Å². The maximum atomic E-state index is 12.5. The van der Waals surface area contributed by atoms with Gasteiger partial charge in [0, 0.05) is 0 Å². The molecule has 0 aliphatic heterocycles. The average Bonchev–Trinajstić information content (AvgIpc) is 2.67. The molecule has 0 aliphatic rings. The number of sulfonamides is 1. The van der Waals surface area contributed by atoms with Crippen LogP contribution in [0, 0.1) is 19.8 Å². The van der Waals surface area contributed by atoms with Gasteiger partial charge in [-0.05, 0) is 49.1 Å². The van der Waals surface area contributed by atoms with Crippen molar-refractivity contribution in [2.75, 3.05) is 11.9 Å². The molecule has 2 aromatic rings. The van der Waals surface area contributed by atoms with Crippen LogP contribution in [0.3, 0.4) is 0 Å². The Kier molecular flexibility index (Phi) is 8.00. The minimum atomic E-state index is -3.92. The van der Waals surface area contributed by atoms with Gasteiger partial charge in [0.25, 0.3) is 5.91 Å². The number of benzene rings is 2. The maximum Gasteiger partial charge on any atom is 0.324 e. The highest BCUT2D eigenvalue weighted by Crippen LogP contribution is 2.27. The molecule has 0 bridgehead atoms. The number of esters is 1. The van der Waals surface area contributed by atoms with Gasteiger partial charge in [0.2, 0.25) is 10.0 Å². The third-order valence-corrected chi connectivity index (χ3v) is 6.05. The van der Waals surface area contributed by atoms with Gasteiger partial charge in [-0.25, -0.2) is 8.42 Å². The predicted octanol–water partition coefficient (Wildman–Crippen LogP) is 3.44. The van der Waals surface area contributed by atoms with Crippen molar-refractivity contribution in [2.45, 2.75) is 38.6 Å². The molecule has 0 aliphatic carbocycles. The lowest BCUT2D eigenvalue weighted by Crippen LogP contribution is -2.45. The third kappa shape index (κ3) is 6.29. The minimum absolute atomic E-state index is 0.0330. The quantitative estimate of drug-likeness (QED) is 0.597. The first-order valence-corrected chi connectivity index (χ1v) is 11.2. The zero-order valence-electron chi connectivity index (χ0n) is 17.2. The second kappa shape index (κ2) is 10.1. The molecule has 2 rings (SSSR count). The number of halogens is 1. The number of ether oxygens (including phenoxy) is 1. The molecule has 2 N–H and O–H groups in total. The Morgan fingerprint density at radius 1 is 1.10 bits per heavy atom. The molecule has 0 unspecified atom stereocenters. The van der Waals surface area contributed by atoms with Crippen LogP contribution in [0.5, 0.6) is 0 Å². The van der Waals surface area contributed by atoms with Gasteiger partial charge in [0.05, 0.1) is 15.6 Å². The number of amides is 1. The molecular formula is C21H25ClN2O5S. The summed E-state index contributed by atoms with van der Waals surface area (Å²) in [6.45, 7) is 6.46. The molecular weight excluding hydrogens is 428 g/mol. The molecule has 7 nitrogen and oxygen atoms in total. The topological polar surface area (TPSA) is 102 Å². The number of hydrogen-bond donors (Lipinski definition) is 2. The van der Waals surface area contributed by atoms with Crippen molar-refractivity contribution < 1.29 is 22.7 Å². The van der Waals surface area contributed by atoms with Crippen LogP contribution in [-0.2, 0) is 24.3 Å². The minimum Gasteiger partial charge on any atom is -0.454 e. The summed E-state index contributed by atoms with van der Waals surface area (Å²) in [5, 5.41) is 2.99. The molecule has 0 spiro atoms. The van der Waals surface area contributed by atoms with E-state index in [2.05, 4.69) is 10.0 Å². The largest absolute Gasteiger partial charge is 0.454 e. The molecule has 9 heteroatoms. The van der Waals surface area contributed by atoms with Crippen molar-refractivity contribution in [2.24, 2.45) is 5.92 Å². The molecule has 0 radical (unpaired) electrons. The summed E-state index contributed by atoms with van der Waals surface area (Å²) in [6, 6.07) is 10.1. The highest BCUT2D eigenvalue weighted by molar-refractivity contribution is 7.89. The lowest BCUT2D eigenvalue weighted by atomic mass is 10.1. The monoisotopic (exact) mass is 452 g/mol. The van der Waals surface area contributed by atoms with Crippen molar-refractivity contribution in [1.82, 2.24) is 4.72 Å². The Labute approximate surface area is 181 Å². The summed E-state index contributed by atoms with van der Waals surface area (Å²) in [4.78, 5) is 24.7. The molecule has 0 heterocycles. The van der Waals surface area contributed by atoms with E-state index in [0.717, 1.165) is 11.1 Å². The molecule has 1 amide bonds. The van der Waals surface area contributed by atoms with Crippen LogP contribution in [0.2, 0.25) is 5.02 Å². The molecule has 0 fully saturated rings. The summed E-state index contributed by atoms with van der Waals surface area (Å²) in [5.41, 5.74) is 2.16. The zero-order valence-corrected chi connectivity index (χ0v) is 18.8. The van der Waals surface area contributed by atoms with E-state index in [-0.39, 0.29) is 4.90 Å². The summed E-state index contributed by atoms with van der Waals surface area (Å²) in [7, 11) is -3.92. The van der Waals surface area contributed by atoms with Crippen molar-refractivity contribution >= 4 is 39.2 Å². The van der Waals surface area contributed by atoms with Gasteiger partial charge in [0.15, 0.2) is 6.61 Å². The SMILES string of the molecule is Cc1cc(C)c(NC(=O)COC(=O)[C@H](NS(=O)(=O)c2ccccc2)C(C)C)c(Cl)c1. The molecule has 162 valence electrons. The van der Waals surface area contributed by atoms with Gasteiger partial charge < -0.3 is 10.1 Å². The smallest absolute Gasteiger partial charge is 0.324 e. The van der Waals surface area contributed by atoms with Crippen molar-refractivity contribution in [1.29, 1.82) is 0 Å². The zero-order chi connectivity index (χ0) is 22.5. The first-order valence-electron chi connectivity index (χ1n) is 9.32. The molecule has 30 heavy (non-hydrogen) atoms. The fraction of sp³-hybridized carbons (Fsp3) is 0.333. The molecule has 2 aromatic carbocycles. The van der Waals surface area contributed by atoms with Gasteiger partial charge in [0.1, 0.15) is 6.04 Å². The van der Waals surface area contributed by atoms with E-state index in [1.54, 1.807) is 45.0 Å². The van der Waals surface area contributed by atoms with E-state index in [1.807, 2.05) is 13.0 Å². The van der Waals surface area contributed by atoms with E-state index < -0.39 is 40.5 Å². The number of hydrogen-bond acceptors (Lipinski definition) is 5. The Morgan fingerprint density at radius 3 is 2.30 bits per heavy atom. The number of carbonyl (C=O) groups excluding carboxylic acids is 2. The van der Waals surface area contributed by atoms with Gasteiger partial charge in [-0.1, -0.05) is 49.7 Å².